The summed E-state index contributed by atoms with van der Waals surface area (Å²) in [6, 6.07) is 12.2. The van der Waals surface area contributed by atoms with E-state index in [4.69, 9.17) is 4.74 Å². The molecular weight excluding hydrogens is 454 g/mol. The molecule has 0 saturated carbocycles. The summed E-state index contributed by atoms with van der Waals surface area (Å²) in [5.74, 6) is 1.62. The first-order chi connectivity index (χ1) is 16.5. The van der Waals surface area contributed by atoms with Crippen molar-refractivity contribution >= 4 is 21.6 Å². The molecule has 1 atom stereocenters. The lowest BCUT2D eigenvalue weighted by Gasteiger charge is -2.37. The van der Waals surface area contributed by atoms with Crippen LogP contribution in [-0.4, -0.2) is 71.4 Å². The molecule has 2 fully saturated rings. The van der Waals surface area contributed by atoms with Gasteiger partial charge in [-0.1, -0.05) is 6.07 Å². The van der Waals surface area contributed by atoms with E-state index in [0.29, 0.717) is 38.2 Å². The first-order valence-electron chi connectivity index (χ1n) is 11.7. The predicted octanol–water partition coefficient (Wildman–Crippen LogP) is 2.54. The molecule has 34 heavy (non-hydrogen) atoms. The van der Waals surface area contributed by atoms with Crippen LogP contribution in [0.5, 0.6) is 5.75 Å². The van der Waals surface area contributed by atoms with Crippen LogP contribution in [0.2, 0.25) is 0 Å². The van der Waals surface area contributed by atoms with E-state index < -0.39 is 10.0 Å². The number of hydrogen-bond donors (Lipinski definition) is 0. The smallest absolute Gasteiger partial charge is 0.243 e. The predicted molar refractivity (Wildman–Crippen MR) is 126 cm³/mol. The summed E-state index contributed by atoms with van der Waals surface area (Å²) < 4.78 is 34.6. The molecule has 2 aliphatic rings. The zero-order valence-electron chi connectivity index (χ0n) is 19.2. The molecule has 0 bridgehead atoms. The molecule has 10 heteroatoms. The van der Waals surface area contributed by atoms with E-state index in [1.54, 1.807) is 31.4 Å². The van der Waals surface area contributed by atoms with Crippen molar-refractivity contribution in [2.45, 2.75) is 36.5 Å². The number of aromatic nitrogens is 3. The van der Waals surface area contributed by atoms with Crippen LogP contribution in [0.1, 0.15) is 37.4 Å². The van der Waals surface area contributed by atoms with E-state index in [9.17, 15) is 13.2 Å². The van der Waals surface area contributed by atoms with Gasteiger partial charge < -0.3 is 9.64 Å². The number of rotatable bonds is 5. The second kappa shape index (κ2) is 9.34. The molecule has 0 aliphatic carbocycles. The third-order valence-corrected chi connectivity index (χ3v) is 8.85. The summed E-state index contributed by atoms with van der Waals surface area (Å²) in [4.78, 5) is 15.5. The van der Waals surface area contributed by atoms with Gasteiger partial charge >= 0.3 is 0 Å². The first kappa shape index (κ1) is 22.8. The molecule has 180 valence electrons. The zero-order valence-corrected chi connectivity index (χ0v) is 20.0. The highest BCUT2D eigenvalue weighted by Gasteiger charge is 2.36. The minimum atomic E-state index is -3.59. The van der Waals surface area contributed by atoms with Gasteiger partial charge in [-0.3, -0.25) is 9.20 Å². The molecule has 0 N–H and O–H groups in total. The van der Waals surface area contributed by atoms with Crippen LogP contribution in [0, 0.1) is 5.92 Å². The molecule has 3 aromatic rings. The van der Waals surface area contributed by atoms with Gasteiger partial charge in [0.2, 0.25) is 15.9 Å². The maximum absolute atomic E-state index is 13.3. The summed E-state index contributed by atoms with van der Waals surface area (Å²) in [5.41, 5.74) is 0.811. The number of pyridine rings is 1. The Labute approximate surface area is 199 Å². The summed E-state index contributed by atoms with van der Waals surface area (Å²) >= 11 is 0. The number of piperidine rings is 2. The largest absolute Gasteiger partial charge is 0.497 e. The third kappa shape index (κ3) is 4.27. The second-order valence-corrected chi connectivity index (χ2v) is 10.9. The number of methoxy groups -OCH3 is 1. The van der Waals surface area contributed by atoms with Crippen molar-refractivity contribution in [3.8, 4) is 5.75 Å². The number of carbonyl (C=O) groups excluding carboxylic acids is 1. The molecule has 9 nitrogen and oxygen atoms in total. The number of hydrogen-bond acceptors (Lipinski definition) is 6. The minimum Gasteiger partial charge on any atom is -0.497 e. The van der Waals surface area contributed by atoms with Gasteiger partial charge in [0, 0.05) is 44.2 Å². The van der Waals surface area contributed by atoms with Gasteiger partial charge in [0.15, 0.2) is 5.65 Å². The van der Waals surface area contributed by atoms with Crippen molar-refractivity contribution in [3.63, 3.8) is 0 Å². The molecule has 1 unspecified atom stereocenters. The lowest BCUT2D eigenvalue weighted by atomic mass is 9.92. The third-order valence-electron chi connectivity index (χ3n) is 6.94. The van der Waals surface area contributed by atoms with Gasteiger partial charge in [-0.25, -0.2) is 8.42 Å². The number of fused-ring (bicyclic) bond motifs is 1. The first-order valence-corrected chi connectivity index (χ1v) is 13.1. The zero-order chi connectivity index (χ0) is 23.7. The Bertz CT molecular complexity index is 1270. The quantitative estimate of drug-likeness (QED) is 0.553. The number of nitrogens with zero attached hydrogens (tertiary/aromatic N) is 5. The molecular formula is C24H29N5O4S. The Hall–Kier alpha value is -2.98. The van der Waals surface area contributed by atoms with Crippen LogP contribution in [0.3, 0.4) is 0 Å². The molecule has 1 aromatic carbocycles. The van der Waals surface area contributed by atoms with Gasteiger partial charge in [0.05, 0.1) is 12.0 Å². The van der Waals surface area contributed by atoms with Crippen molar-refractivity contribution in [1.29, 1.82) is 0 Å². The summed E-state index contributed by atoms with van der Waals surface area (Å²) in [6.45, 7) is 2.04. The van der Waals surface area contributed by atoms with Gasteiger partial charge in [-0.05, 0) is 62.1 Å². The highest BCUT2D eigenvalue weighted by molar-refractivity contribution is 7.89. The van der Waals surface area contributed by atoms with E-state index in [1.807, 2.05) is 33.7 Å². The normalized spacial score (nSPS) is 20.5. The molecule has 2 saturated heterocycles. The van der Waals surface area contributed by atoms with Gasteiger partial charge in [-0.15, -0.1) is 10.2 Å². The van der Waals surface area contributed by atoms with Crippen LogP contribution < -0.4 is 4.74 Å². The van der Waals surface area contributed by atoms with Crippen molar-refractivity contribution < 1.29 is 17.9 Å². The number of benzene rings is 1. The molecule has 5 rings (SSSR count). The number of amides is 1. The second-order valence-electron chi connectivity index (χ2n) is 8.96. The van der Waals surface area contributed by atoms with Crippen molar-refractivity contribution in [3.05, 3.63) is 54.5 Å². The average molecular weight is 484 g/mol. The van der Waals surface area contributed by atoms with Crippen molar-refractivity contribution in [1.82, 2.24) is 23.8 Å². The number of sulfonamides is 1. The number of likely N-dealkylation sites (tertiary alicyclic amines) is 1. The number of carbonyl (C=O) groups is 1. The monoisotopic (exact) mass is 483 g/mol. The molecule has 0 radical (unpaired) electrons. The summed E-state index contributed by atoms with van der Waals surface area (Å²) in [7, 11) is -2.04. The van der Waals surface area contributed by atoms with Crippen LogP contribution in [0.4, 0.5) is 0 Å². The maximum atomic E-state index is 13.3. The summed E-state index contributed by atoms with van der Waals surface area (Å²) in [5, 5.41) is 8.66. The molecule has 2 aromatic heterocycles. The Morgan fingerprint density at radius 1 is 1.00 bits per heavy atom. The van der Waals surface area contributed by atoms with E-state index >= 15 is 0 Å². The topological polar surface area (TPSA) is 97.1 Å². The van der Waals surface area contributed by atoms with Gasteiger partial charge in [0.25, 0.3) is 0 Å². The molecule has 1 amide bonds. The highest BCUT2D eigenvalue weighted by Crippen LogP contribution is 2.30. The van der Waals surface area contributed by atoms with Crippen LogP contribution >= 0.6 is 0 Å². The Kier molecular flexibility index (Phi) is 6.26. The fraction of sp³-hybridized carbons (Fsp3) is 0.458. The van der Waals surface area contributed by atoms with Crippen molar-refractivity contribution in [2.24, 2.45) is 5.92 Å². The minimum absolute atomic E-state index is 0.125. The average Bonchev–Trinajstić information content (AvgIpc) is 3.33. The molecule has 0 spiro atoms. The van der Waals surface area contributed by atoms with Crippen LogP contribution in [-0.2, 0) is 14.8 Å². The molecule has 4 heterocycles. The fourth-order valence-corrected chi connectivity index (χ4v) is 6.49. The Balaban J connectivity index is 1.22. The summed E-state index contributed by atoms with van der Waals surface area (Å²) in [6.07, 6.45) is 4.91. The van der Waals surface area contributed by atoms with E-state index in [-0.39, 0.29) is 22.6 Å². The lowest BCUT2D eigenvalue weighted by molar-refractivity contribution is -0.138. The van der Waals surface area contributed by atoms with Gasteiger partial charge in [0.1, 0.15) is 11.6 Å². The van der Waals surface area contributed by atoms with E-state index in [0.717, 1.165) is 30.9 Å². The Morgan fingerprint density at radius 3 is 2.50 bits per heavy atom. The maximum Gasteiger partial charge on any atom is 0.243 e. The SMILES string of the molecule is COc1ccc(S(=O)(=O)N2CCC(C(=O)N3CCCC(c4nnc5ccccn45)C3)CC2)cc1. The van der Waals surface area contributed by atoms with Crippen molar-refractivity contribution in [2.75, 3.05) is 33.3 Å². The number of ether oxygens (including phenoxy) is 1. The standard InChI is InChI=1S/C24H29N5O4S/c1-33-20-7-9-21(10-8-20)34(31,32)28-15-11-18(12-16-28)24(30)27-13-4-5-19(17-27)23-26-25-22-6-2-3-14-29(22)23/h2-3,6-10,14,18-19H,4-5,11-13,15-17H2,1H3. The van der Waals surface area contributed by atoms with Gasteiger partial charge in [-0.2, -0.15) is 4.31 Å². The van der Waals surface area contributed by atoms with Crippen LogP contribution in [0.25, 0.3) is 5.65 Å². The lowest BCUT2D eigenvalue weighted by Crippen LogP contribution is -2.47. The van der Waals surface area contributed by atoms with E-state index in [2.05, 4.69) is 10.2 Å². The Morgan fingerprint density at radius 2 is 1.76 bits per heavy atom. The molecule has 2 aliphatic heterocycles. The van der Waals surface area contributed by atoms with Crippen LogP contribution in [0.15, 0.2) is 53.6 Å². The fourth-order valence-electron chi connectivity index (χ4n) is 5.02. The highest BCUT2D eigenvalue weighted by atomic mass is 32.2. The van der Waals surface area contributed by atoms with E-state index in [1.165, 1.54) is 4.31 Å².